The predicted molar refractivity (Wildman–Crippen MR) is 138 cm³/mol. The SMILES string of the molecule is CCCCCC[C@H]1CC[C@H](c2ccc(-c3cc(F)c(C(=O)O)c(F)c3-c3cc(F)c(F)c(F)c3)cc2)CC1. The molecule has 1 saturated carbocycles. The number of hydrogen-bond acceptors (Lipinski definition) is 1. The highest BCUT2D eigenvalue weighted by atomic mass is 19.2. The van der Waals surface area contributed by atoms with Crippen LogP contribution in [0.1, 0.15) is 86.6 Å². The second-order valence-corrected chi connectivity index (χ2v) is 10.2. The largest absolute Gasteiger partial charge is 0.477 e. The highest BCUT2D eigenvalue weighted by molar-refractivity contribution is 5.94. The summed E-state index contributed by atoms with van der Waals surface area (Å²) in [6, 6.07) is 9.05. The molecule has 3 aromatic carbocycles. The van der Waals surface area contributed by atoms with Gasteiger partial charge >= 0.3 is 5.97 Å². The van der Waals surface area contributed by atoms with Crippen LogP contribution in [0.2, 0.25) is 0 Å². The van der Waals surface area contributed by atoms with Gasteiger partial charge in [0.2, 0.25) is 0 Å². The van der Waals surface area contributed by atoms with Crippen LogP contribution in [0.4, 0.5) is 22.0 Å². The van der Waals surface area contributed by atoms with Gasteiger partial charge in [-0.05, 0) is 78.0 Å². The topological polar surface area (TPSA) is 37.3 Å². The summed E-state index contributed by atoms with van der Waals surface area (Å²) in [5, 5.41) is 9.32. The zero-order valence-corrected chi connectivity index (χ0v) is 21.3. The minimum atomic E-state index is -1.87. The molecule has 0 atom stereocenters. The lowest BCUT2D eigenvalue weighted by Gasteiger charge is -2.29. The average Bonchev–Trinajstić information content (AvgIpc) is 2.89. The number of aromatic carboxylic acids is 1. The Balaban J connectivity index is 1.62. The van der Waals surface area contributed by atoms with E-state index in [1.165, 1.54) is 32.1 Å². The Bertz CT molecular complexity index is 1270. The fourth-order valence-electron chi connectivity index (χ4n) is 5.60. The molecule has 202 valence electrons. The summed E-state index contributed by atoms with van der Waals surface area (Å²) in [6.07, 6.45) is 10.8. The molecule has 0 radical (unpaired) electrons. The Morgan fingerprint density at radius 2 is 1.42 bits per heavy atom. The first kappa shape index (κ1) is 27.8. The molecule has 0 bridgehead atoms. The van der Waals surface area contributed by atoms with E-state index in [9.17, 15) is 27.5 Å². The van der Waals surface area contributed by atoms with Gasteiger partial charge in [0.15, 0.2) is 17.5 Å². The smallest absolute Gasteiger partial charge is 0.341 e. The quantitative estimate of drug-likeness (QED) is 0.170. The molecule has 38 heavy (non-hydrogen) atoms. The van der Waals surface area contributed by atoms with Crippen molar-refractivity contribution in [3.05, 3.63) is 82.7 Å². The van der Waals surface area contributed by atoms with Gasteiger partial charge in [0.05, 0.1) is 0 Å². The van der Waals surface area contributed by atoms with Gasteiger partial charge in [-0.3, -0.25) is 0 Å². The van der Waals surface area contributed by atoms with E-state index in [1.54, 1.807) is 12.1 Å². The lowest BCUT2D eigenvalue weighted by Crippen LogP contribution is -2.13. The number of unbranched alkanes of at least 4 members (excludes halogenated alkanes) is 3. The van der Waals surface area contributed by atoms with Gasteiger partial charge in [-0.15, -0.1) is 0 Å². The van der Waals surface area contributed by atoms with Crippen molar-refractivity contribution in [2.24, 2.45) is 5.92 Å². The molecule has 7 heteroatoms. The van der Waals surface area contributed by atoms with Gasteiger partial charge in [0.25, 0.3) is 0 Å². The van der Waals surface area contributed by atoms with Gasteiger partial charge in [-0.25, -0.2) is 26.7 Å². The Kier molecular flexibility index (Phi) is 8.85. The van der Waals surface area contributed by atoms with Gasteiger partial charge in [0, 0.05) is 5.56 Å². The van der Waals surface area contributed by atoms with Crippen LogP contribution in [0.15, 0.2) is 42.5 Å². The zero-order chi connectivity index (χ0) is 27.4. The van der Waals surface area contributed by atoms with Crippen molar-refractivity contribution in [2.75, 3.05) is 0 Å². The molecule has 3 aromatic rings. The fourth-order valence-corrected chi connectivity index (χ4v) is 5.60. The fraction of sp³-hybridized carbons (Fsp3) is 0.387. The van der Waals surface area contributed by atoms with Crippen molar-refractivity contribution in [3.8, 4) is 22.3 Å². The monoisotopic (exact) mass is 530 g/mol. The standard InChI is InChI=1S/C31H31F5O2/c1-2-3-4-5-6-18-7-9-19(10-8-18)20-11-13-21(14-12-20)23-17-24(32)28(31(37)38)30(36)27(23)22-15-25(33)29(35)26(34)16-22/h11-19H,2-10H2,1H3,(H,37,38)/t18-,19-. The van der Waals surface area contributed by atoms with Crippen molar-refractivity contribution in [3.63, 3.8) is 0 Å². The summed E-state index contributed by atoms with van der Waals surface area (Å²) in [7, 11) is 0. The first-order chi connectivity index (χ1) is 18.2. The van der Waals surface area contributed by atoms with Crippen molar-refractivity contribution in [2.45, 2.75) is 70.6 Å². The van der Waals surface area contributed by atoms with E-state index in [0.29, 0.717) is 23.6 Å². The van der Waals surface area contributed by atoms with Crippen LogP contribution in [0.3, 0.4) is 0 Å². The average molecular weight is 531 g/mol. The molecule has 0 amide bonds. The molecule has 4 rings (SSSR count). The molecule has 0 saturated heterocycles. The Hall–Kier alpha value is -3.22. The molecule has 1 aliphatic carbocycles. The highest BCUT2D eigenvalue weighted by Crippen LogP contribution is 2.41. The zero-order valence-electron chi connectivity index (χ0n) is 21.3. The maximum atomic E-state index is 15.4. The third-order valence-corrected chi connectivity index (χ3v) is 7.71. The van der Waals surface area contributed by atoms with E-state index in [-0.39, 0.29) is 5.56 Å². The number of carboxylic acids is 1. The second-order valence-electron chi connectivity index (χ2n) is 10.2. The predicted octanol–water partition coefficient (Wildman–Crippen LogP) is 9.66. The first-order valence-corrected chi connectivity index (χ1v) is 13.2. The van der Waals surface area contributed by atoms with Crippen LogP contribution in [-0.4, -0.2) is 11.1 Å². The third kappa shape index (κ3) is 5.92. The van der Waals surface area contributed by atoms with Crippen LogP contribution >= 0.6 is 0 Å². The van der Waals surface area contributed by atoms with Gasteiger partial charge < -0.3 is 5.11 Å². The Labute approximate surface area is 219 Å². The van der Waals surface area contributed by atoms with Crippen molar-refractivity contribution in [1.82, 2.24) is 0 Å². The minimum absolute atomic E-state index is 0.0854. The highest BCUT2D eigenvalue weighted by Gasteiger charge is 2.27. The van der Waals surface area contributed by atoms with Crippen LogP contribution in [0, 0.1) is 35.0 Å². The summed E-state index contributed by atoms with van der Waals surface area (Å²) in [5.74, 6) is -8.43. The minimum Gasteiger partial charge on any atom is -0.477 e. The maximum Gasteiger partial charge on any atom is 0.341 e. The van der Waals surface area contributed by atoms with Crippen molar-refractivity contribution < 1.29 is 31.9 Å². The lowest BCUT2D eigenvalue weighted by molar-refractivity contribution is 0.0686. The number of carboxylic acid groups (broad SMARTS) is 1. The second kappa shape index (κ2) is 12.1. The summed E-state index contributed by atoms with van der Waals surface area (Å²) in [5.41, 5.74) is -0.847. The number of carbonyl (C=O) groups is 1. The first-order valence-electron chi connectivity index (χ1n) is 13.2. The maximum absolute atomic E-state index is 15.4. The molecule has 0 heterocycles. The molecule has 1 aliphatic rings. The molecule has 1 N–H and O–H groups in total. The van der Waals surface area contributed by atoms with E-state index in [0.717, 1.165) is 43.2 Å². The number of benzene rings is 3. The van der Waals surface area contributed by atoms with E-state index in [1.807, 2.05) is 12.1 Å². The molecule has 0 aliphatic heterocycles. The van der Waals surface area contributed by atoms with Crippen LogP contribution in [0.25, 0.3) is 22.3 Å². The van der Waals surface area contributed by atoms with E-state index >= 15 is 4.39 Å². The van der Waals surface area contributed by atoms with E-state index < -0.39 is 51.7 Å². The summed E-state index contributed by atoms with van der Waals surface area (Å²) >= 11 is 0. The number of rotatable bonds is 9. The van der Waals surface area contributed by atoms with Gasteiger partial charge in [-0.2, -0.15) is 0 Å². The van der Waals surface area contributed by atoms with Crippen LogP contribution < -0.4 is 0 Å². The van der Waals surface area contributed by atoms with Crippen molar-refractivity contribution in [1.29, 1.82) is 0 Å². The molecule has 0 spiro atoms. The number of hydrogen-bond donors (Lipinski definition) is 1. The van der Waals surface area contributed by atoms with Crippen LogP contribution in [-0.2, 0) is 0 Å². The molecule has 2 nitrogen and oxygen atoms in total. The number of halogens is 5. The molecular formula is C31H31F5O2. The van der Waals surface area contributed by atoms with Crippen molar-refractivity contribution >= 4 is 5.97 Å². The van der Waals surface area contributed by atoms with Crippen LogP contribution in [0.5, 0.6) is 0 Å². The van der Waals surface area contributed by atoms with E-state index in [2.05, 4.69) is 6.92 Å². The molecule has 1 fully saturated rings. The Morgan fingerprint density at radius 1 is 0.789 bits per heavy atom. The van der Waals surface area contributed by atoms with Gasteiger partial charge in [0.1, 0.15) is 17.2 Å². The Morgan fingerprint density at radius 3 is 2.00 bits per heavy atom. The molecular weight excluding hydrogens is 499 g/mol. The molecule has 0 unspecified atom stereocenters. The summed E-state index contributed by atoms with van der Waals surface area (Å²) in [6.45, 7) is 2.21. The van der Waals surface area contributed by atoms with Gasteiger partial charge in [-0.1, -0.05) is 63.3 Å². The lowest BCUT2D eigenvalue weighted by atomic mass is 9.77. The summed E-state index contributed by atoms with van der Waals surface area (Å²) < 4.78 is 71.6. The van der Waals surface area contributed by atoms with E-state index in [4.69, 9.17) is 0 Å². The molecule has 0 aromatic heterocycles. The third-order valence-electron chi connectivity index (χ3n) is 7.71. The summed E-state index contributed by atoms with van der Waals surface area (Å²) in [4.78, 5) is 11.5. The normalized spacial score (nSPS) is 17.5.